The summed E-state index contributed by atoms with van der Waals surface area (Å²) >= 11 is 0. The molecule has 1 unspecified atom stereocenters. The van der Waals surface area contributed by atoms with Gasteiger partial charge in [0.15, 0.2) is 0 Å². The van der Waals surface area contributed by atoms with Crippen molar-refractivity contribution in [3.05, 3.63) is 0 Å². The fourth-order valence-corrected chi connectivity index (χ4v) is 2.10. The third kappa shape index (κ3) is 4.98. The molecular weight excluding hydrogens is 184 g/mol. The lowest BCUT2D eigenvalue weighted by atomic mass is 9.85. The van der Waals surface area contributed by atoms with E-state index in [0.717, 1.165) is 12.0 Å². The van der Waals surface area contributed by atoms with E-state index in [4.69, 9.17) is 0 Å². The summed E-state index contributed by atoms with van der Waals surface area (Å²) in [6.07, 6.45) is 6.91. The van der Waals surface area contributed by atoms with Crippen molar-refractivity contribution in [2.45, 2.75) is 52.0 Å². The Hall–Kier alpha value is -0.0800. The first kappa shape index (κ1) is 13.0. The highest BCUT2D eigenvalue weighted by atomic mass is 15.1. The Kier molecular flexibility index (Phi) is 6.26. The smallest absolute Gasteiger partial charge is 0.00760 e. The molecule has 0 aromatic heterocycles. The fraction of sp³-hybridized carbons (Fsp3) is 1.00. The first-order valence-electron chi connectivity index (χ1n) is 6.65. The average Bonchev–Trinajstić information content (AvgIpc) is 2.17. The Labute approximate surface area is 95.4 Å². The van der Waals surface area contributed by atoms with Crippen LogP contribution in [0, 0.1) is 5.92 Å². The van der Waals surface area contributed by atoms with Crippen LogP contribution in [-0.4, -0.2) is 37.6 Å². The molecule has 0 aromatic rings. The number of hydrogen-bond acceptors (Lipinski definition) is 2. The van der Waals surface area contributed by atoms with Gasteiger partial charge < -0.3 is 10.2 Å². The first-order valence-corrected chi connectivity index (χ1v) is 6.65. The molecular formula is C13H28N2. The van der Waals surface area contributed by atoms with Gasteiger partial charge in [-0.2, -0.15) is 0 Å². The maximum atomic E-state index is 3.48. The van der Waals surface area contributed by atoms with Gasteiger partial charge in [0, 0.05) is 12.6 Å². The van der Waals surface area contributed by atoms with Crippen LogP contribution in [-0.2, 0) is 0 Å². The second-order valence-electron chi connectivity index (χ2n) is 5.12. The molecule has 90 valence electrons. The lowest BCUT2D eigenvalue weighted by molar-refractivity contribution is 0.164. The van der Waals surface area contributed by atoms with Gasteiger partial charge >= 0.3 is 0 Å². The van der Waals surface area contributed by atoms with E-state index in [-0.39, 0.29) is 0 Å². The molecule has 0 aliphatic heterocycles. The molecule has 2 nitrogen and oxygen atoms in total. The van der Waals surface area contributed by atoms with E-state index in [1.54, 1.807) is 0 Å². The highest BCUT2D eigenvalue weighted by Crippen LogP contribution is 2.27. The van der Waals surface area contributed by atoms with Crippen molar-refractivity contribution < 1.29 is 0 Å². The number of hydrogen-bond donors (Lipinski definition) is 1. The number of nitrogens with zero attached hydrogens (tertiary/aromatic N) is 1. The topological polar surface area (TPSA) is 15.3 Å². The maximum absolute atomic E-state index is 3.48. The van der Waals surface area contributed by atoms with Gasteiger partial charge in [-0.05, 0) is 58.7 Å². The Bertz CT molecular complexity index is 155. The molecule has 0 radical (unpaired) electrons. The first-order chi connectivity index (χ1) is 7.24. The van der Waals surface area contributed by atoms with E-state index in [1.807, 2.05) is 0 Å². The molecule has 1 N–H and O–H groups in total. The van der Waals surface area contributed by atoms with Gasteiger partial charge in [0.1, 0.15) is 0 Å². The molecule has 0 saturated heterocycles. The van der Waals surface area contributed by atoms with Crippen LogP contribution < -0.4 is 5.32 Å². The third-order valence-electron chi connectivity index (χ3n) is 3.69. The summed E-state index contributed by atoms with van der Waals surface area (Å²) < 4.78 is 0. The molecule has 0 spiro atoms. The predicted octanol–water partition coefficient (Wildman–Crippen LogP) is 2.50. The Morgan fingerprint density at radius 1 is 1.33 bits per heavy atom. The van der Waals surface area contributed by atoms with Crippen molar-refractivity contribution in [2.24, 2.45) is 5.92 Å². The zero-order chi connectivity index (χ0) is 11.1. The molecule has 1 fully saturated rings. The molecule has 15 heavy (non-hydrogen) atoms. The van der Waals surface area contributed by atoms with Gasteiger partial charge in [-0.1, -0.05) is 13.3 Å². The van der Waals surface area contributed by atoms with Crippen LogP contribution in [0.4, 0.5) is 0 Å². The highest BCUT2D eigenvalue weighted by molar-refractivity contribution is 4.75. The fourth-order valence-electron chi connectivity index (χ4n) is 2.10. The Morgan fingerprint density at radius 3 is 2.60 bits per heavy atom. The maximum Gasteiger partial charge on any atom is 0.00760 e. The molecule has 0 amide bonds. The highest BCUT2D eigenvalue weighted by Gasteiger charge is 2.20. The Morgan fingerprint density at radius 2 is 2.07 bits per heavy atom. The standard InChI is InChI=1S/C13H28N2/c1-4-9-14-10-8-12(2)15(3)11-13-6-5-7-13/h12-14H,4-11H2,1-3H3. The minimum Gasteiger partial charge on any atom is -0.317 e. The van der Waals surface area contributed by atoms with Crippen molar-refractivity contribution in [2.75, 3.05) is 26.7 Å². The molecule has 1 saturated carbocycles. The van der Waals surface area contributed by atoms with Crippen LogP contribution in [0.2, 0.25) is 0 Å². The van der Waals surface area contributed by atoms with E-state index in [0.29, 0.717) is 0 Å². The zero-order valence-electron chi connectivity index (χ0n) is 10.8. The summed E-state index contributed by atoms with van der Waals surface area (Å²) in [5, 5.41) is 3.48. The van der Waals surface area contributed by atoms with Gasteiger partial charge in [0.2, 0.25) is 0 Å². The third-order valence-corrected chi connectivity index (χ3v) is 3.69. The van der Waals surface area contributed by atoms with E-state index < -0.39 is 0 Å². The van der Waals surface area contributed by atoms with Crippen LogP contribution in [0.3, 0.4) is 0 Å². The summed E-state index contributed by atoms with van der Waals surface area (Å²) in [7, 11) is 2.28. The second kappa shape index (κ2) is 7.24. The molecule has 0 aromatic carbocycles. The SMILES string of the molecule is CCCNCCC(C)N(C)CC1CCC1. The van der Waals surface area contributed by atoms with Crippen LogP contribution >= 0.6 is 0 Å². The normalized spacial score (nSPS) is 19.2. The van der Waals surface area contributed by atoms with E-state index in [2.05, 4.69) is 31.1 Å². The van der Waals surface area contributed by atoms with Crippen molar-refractivity contribution in [3.63, 3.8) is 0 Å². The van der Waals surface area contributed by atoms with Crippen LogP contribution in [0.25, 0.3) is 0 Å². The molecule has 1 aliphatic rings. The van der Waals surface area contributed by atoms with Gasteiger partial charge in [-0.15, -0.1) is 0 Å². The van der Waals surface area contributed by atoms with E-state index in [9.17, 15) is 0 Å². The summed E-state index contributed by atoms with van der Waals surface area (Å²) in [6, 6.07) is 0.731. The summed E-state index contributed by atoms with van der Waals surface area (Å²) in [6.45, 7) is 8.23. The Balaban J connectivity index is 2.01. The van der Waals surface area contributed by atoms with Gasteiger partial charge in [0.25, 0.3) is 0 Å². The molecule has 0 heterocycles. The minimum atomic E-state index is 0.731. The zero-order valence-corrected chi connectivity index (χ0v) is 10.8. The van der Waals surface area contributed by atoms with Crippen molar-refractivity contribution in [1.29, 1.82) is 0 Å². The monoisotopic (exact) mass is 212 g/mol. The largest absolute Gasteiger partial charge is 0.317 e. The van der Waals surface area contributed by atoms with Gasteiger partial charge in [-0.3, -0.25) is 0 Å². The molecule has 1 atom stereocenters. The lowest BCUT2D eigenvalue weighted by Crippen LogP contribution is -2.37. The van der Waals surface area contributed by atoms with Crippen molar-refractivity contribution in [3.8, 4) is 0 Å². The summed E-state index contributed by atoms with van der Waals surface area (Å²) in [5.41, 5.74) is 0. The van der Waals surface area contributed by atoms with Crippen molar-refractivity contribution in [1.82, 2.24) is 10.2 Å². The van der Waals surface area contributed by atoms with E-state index >= 15 is 0 Å². The quantitative estimate of drug-likeness (QED) is 0.622. The van der Waals surface area contributed by atoms with Crippen molar-refractivity contribution >= 4 is 0 Å². The van der Waals surface area contributed by atoms with Gasteiger partial charge in [0.05, 0.1) is 0 Å². The number of nitrogens with one attached hydrogen (secondary N) is 1. The summed E-state index contributed by atoms with van der Waals surface area (Å²) in [5.74, 6) is 1.00. The van der Waals surface area contributed by atoms with Crippen LogP contribution in [0.5, 0.6) is 0 Å². The van der Waals surface area contributed by atoms with Gasteiger partial charge in [-0.25, -0.2) is 0 Å². The predicted molar refractivity (Wildman–Crippen MR) is 67.2 cm³/mol. The van der Waals surface area contributed by atoms with Crippen LogP contribution in [0.15, 0.2) is 0 Å². The molecule has 2 heteroatoms. The molecule has 1 rings (SSSR count). The lowest BCUT2D eigenvalue weighted by Gasteiger charge is -2.33. The second-order valence-corrected chi connectivity index (χ2v) is 5.12. The molecule has 0 bridgehead atoms. The number of rotatable bonds is 8. The van der Waals surface area contributed by atoms with Crippen LogP contribution in [0.1, 0.15) is 46.0 Å². The molecule has 1 aliphatic carbocycles. The average molecular weight is 212 g/mol. The minimum absolute atomic E-state index is 0.731. The summed E-state index contributed by atoms with van der Waals surface area (Å²) in [4.78, 5) is 2.54. The van der Waals surface area contributed by atoms with E-state index in [1.165, 1.54) is 51.7 Å².